The van der Waals surface area contributed by atoms with Crippen LogP contribution in [0.15, 0.2) is 36.4 Å². The molecule has 0 aliphatic rings. The summed E-state index contributed by atoms with van der Waals surface area (Å²) in [6.45, 7) is 10.5. The summed E-state index contributed by atoms with van der Waals surface area (Å²) in [5.41, 5.74) is 4.30. The number of carbonyl (C=O) groups is 1. The molecule has 0 aliphatic heterocycles. The number of anilines is 1. The molecule has 0 radical (unpaired) electrons. The van der Waals surface area contributed by atoms with Crippen molar-refractivity contribution in [3.63, 3.8) is 0 Å². The second-order valence-electron chi connectivity index (χ2n) is 6.57. The summed E-state index contributed by atoms with van der Waals surface area (Å²) in [6.07, 6.45) is 0. The van der Waals surface area contributed by atoms with E-state index >= 15 is 0 Å². The second kappa shape index (κ2) is 9.97. The van der Waals surface area contributed by atoms with Crippen LogP contribution >= 0.6 is 0 Å². The van der Waals surface area contributed by atoms with Gasteiger partial charge in [-0.1, -0.05) is 19.1 Å². The van der Waals surface area contributed by atoms with E-state index < -0.39 is 0 Å². The van der Waals surface area contributed by atoms with Gasteiger partial charge in [-0.3, -0.25) is 9.69 Å². The maximum atomic E-state index is 12.4. The minimum absolute atomic E-state index is 0.0157. The Kier molecular flexibility index (Phi) is 7.67. The van der Waals surface area contributed by atoms with Crippen molar-refractivity contribution in [3.05, 3.63) is 53.1 Å². The van der Waals surface area contributed by atoms with Crippen molar-refractivity contribution >= 4 is 11.6 Å². The van der Waals surface area contributed by atoms with Crippen LogP contribution in [0.5, 0.6) is 11.5 Å². The predicted octanol–water partition coefficient (Wildman–Crippen LogP) is 4.17. The monoisotopic (exact) mass is 370 g/mol. The minimum atomic E-state index is -0.0157. The van der Waals surface area contributed by atoms with E-state index in [4.69, 9.17) is 9.47 Å². The molecule has 0 heterocycles. The van der Waals surface area contributed by atoms with Crippen molar-refractivity contribution < 1.29 is 14.3 Å². The Morgan fingerprint density at radius 3 is 2.44 bits per heavy atom. The predicted molar refractivity (Wildman–Crippen MR) is 110 cm³/mol. The van der Waals surface area contributed by atoms with Gasteiger partial charge in [0.05, 0.1) is 20.3 Å². The Bertz CT molecular complexity index is 774. The molecule has 0 atom stereocenters. The van der Waals surface area contributed by atoms with Crippen molar-refractivity contribution in [1.82, 2.24) is 4.90 Å². The third-order valence-corrected chi connectivity index (χ3v) is 4.54. The lowest BCUT2D eigenvalue weighted by Crippen LogP contribution is -2.32. The molecular formula is C22H30N2O3. The van der Waals surface area contributed by atoms with E-state index in [0.717, 1.165) is 23.5 Å². The summed E-state index contributed by atoms with van der Waals surface area (Å²) in [7, 11) is 1.64. The van der Waals surface area contributed by atoms with Gasteiger partial charge >= 0.3 is 0 Å². The summed E-state index contributed by atoms with van der Waals surface area (Å²) in [5.74, 6) is 1.43. The molecule has 0 fully saturated rings. The van der Waals surface area contributed by atoms with Crippen LogP contribution in [0.1, 0.15) is 30.5 Å². The highest BCUT2D eigenvalue weighted by Gasteiger charge is 2.12. The van der Waals surface area contributed by atoms with Crippen LogP contribution < -0.4 is 14.8 Å². The van der Waals surface area contributed by atoms with Crippen LogP contribution in [-0.4, -0.2) is 37.6 Å². The summed E-state index contributed by atoms with van der Waals surface area (Å²) >= 11 is 0. The van der Waals surface area contributed by atoms with Gasteiger partial charge in [0.15, 0.2) is 11.5 Å². The molecule has 27 heavy (non-hydrogen) atoms. The fraction of sp³-hybridized carbons (Fsp3) is 0.409. The Balaban J connectivity index is 2.00. The maximum Gasteiger partial charge on any atom is 0.238 e. The van der Waals surface area contributed by atoms with Crippen molar-refractivity contribution in [2.24, 2.45) is 0 Å². The summed E-state index contributed by atoms with van der Waals surface area (Å²) < 4.78 is 11.0. The Hall–Kier alpha value is -2.53. The first-order valence-electron chi connectivity index (χ1n) is 9.36. The van der Waals surface area contributed by atoms with Gasteiger partial charge in [0.2, 0.25) is 5.91 Å². The Labute approximate surface area is 162 Å². The molecule has 0 spiro atoms. The van der Waals surface area contributed by atoms with Gasteiger partial charge in [0.1, 0.15) is 0 Å². The van der Waals surface area contributed by atoms with Gasteiger partial charge in [-0.05, 0) is 68.3 Å². The van der Waals surface area contributed by atoms with Gasteiger partial charge in [0, 0.05) is 12.2 Å². The zero-order valence-corrected chi connectivity index (χ0v) is 17.0. The van der Waals surface area contributed by atoms with Crippen LogP contribution in [0.2, 0.25) is 0 Å². The number of rotatable bonds is 9. The van der Waals surface area contributed by atoms with Crippen LogP contribution in [0.3, 0.4) is 0 Å². The van der Waals surface area contributed by atoms with E-state index in [-0.39, 0.29) is 5.91 Å². The lowest BCUT2D eigenvalue weighted by atomic mass is 10.1. The molecule has 0 aromatic heterocycles. The van der Waals surface area contributed by atoms with E-state index in [1.54, 1.807) is 7.11 Å². The molecule has 146 valence electrons. The number of nitrogens with one attached hydrogen (secondary N) is 1. The van der Waals surface area contributed by atoms with E-state index in [2.05, 4.69) is 24.1 Å². The molecule has 2 aromatic rings. The highest BCUT2D eigenvalue weighted by Crippen LogP contribution is 2.28. The Morgan fingerprint density at radius 2 is 1.81 bits per heavy atom. The SMILES string of the molecule is CCOc1ccc(CN(CC)CC(=O)Nc2ccc(C)c(C)c2)cc1OC. The summed E-state index contributed by atoms with van der Waals surface area (Å²) in [5, 5.41) is 2.98. The number of hydrogen-bond acceptors (Lipinski definition) is 4. The number of likely N-dealkylation sites (N-methyl/N-ethyl adjacent to an activating group) is 1. The van der Waals surface area contributed by atoms with Crippen LogP contribution in [0, 0.1) is 13.8 Å². The van der Waals surface area contributed by atoms with Gasteiger partial charge < -0.3 is 14.8 Å². The molecular weight excluding hydrogens is 340 g/mol. The van der Waals surface area contributed by atoms with E-state index in [1.165, 1.54) is 11.1 Å². The first kappa shape index (κ1) is 20.8. The third kappa shape index (κ3) is 6.00. The lowest BCUT2D eigenvalue weighted by Gasteiger charge is -2.21. The van der Waals surface area contributed by atoms with E-state index in [1.807, 2.05) is 50.2 Å². The van der Waals surface area contributed by atoms with Crippen LogP contribution in [0.25, 0.3) is 0 Å². The maximum absolute atomic E-state index is 12.4. The molecule has 0 saturated heterocycles. The van der Waals surface area contributed by atoms with Crippen LogP contribution in [0.4, 0.5) is 5.69 Å². The fourth-order valence-electron chi connectivity index (χ4n) is 2.85. The van der Waals surface area contributed by atoms with Gasteiger partial charge in [0.25, 0.3) is 0 Å². The Morgan fingerprint density at radius 1 is 1.04 bits per heavy atom. The molecule has 2 aromatic carbocycles. The number of ether oxygens (including phenoxy) is 2. The van der Waals surface area contributed by atoms with Crippen molar-refractivity contribution in [3.8, 4) is 11.5 Å². The van der Waals surface area contributed by atoms with E-state index in [9.17, 15) is 4.79 Å². The quantitative estimate of drug-likeness (QED) is 0.720. The zero-order chi connectivity index (χ0) is 19.8. The topological polar surface area (TPSA) is 50.8 Å². The molecule has 0 bridgehead atoms. The highest BCUT2D eigenvalue weighted by molar-refractivity contribution is 5.92. The molecule has 0 unspecified atom stereocenters. The second-order valence-corrected chi connectivity index (χ2v) is 6.57. The smallest absolute Gasteiger partial charge is 0.238 e. The number of hydrogen-bond donors (Lipinski definition) is 1. The fourth-order valence-corrected chi connectivity index (χ4v) is 2.85. The minimum Gasteiger partial charge on any atom is -0.493 e. The van der Waals surface area contributed by atoms with E-state index in [0.29, 0.717) is 25.4 Å². The van der Waals surface area contributed by atoms with Crippen molar-refractivity contribution in [2.45, 2.75) is 34.2 Å². The highest BCUT2D eigenvalue weighted by atomic mass is 16.5. The van der Waals surface area contributed by atoms with Gasteiger partial charge in [-0.2, -0.15) is 0 Å². The number of aryl methyl sites for hydroxylation is 2. The molecule has 5 nitrogen and oxygen atoms in total. The van der Waals surface area contributed by atoms with Gasteiger partial charge in [-0.15, -0.1) is 0 Å². The first-order valence-corrected chi connectivity index (χ1v) is 9.36. The normalized spacial score (nSPS) is 10.7. The average Bonchev–Trinajstić information content (AvgIpc) is 2.65. The number of benzene rings is 2. The molecule has 0 aliphatic carbocycles. The standard InChI is InChI=1S/C22H30N2O3/c1-6-24(14-18-9-11-20(27-7-2)21(13-18)26-5)15-22(25)23-19-10-8-16(3)17(4)12-19/h8-13H,6-7,14-15H2,1-5H3,(H,23,25). The number of carbonyl (C=O) groups excluding carboxylic acids is 1. The third-order valence-electron chi connectivity index (χ3n) is 4.54. The number of amides is 1. The molecule has 1 N–H and O–H groups in total. The number of methoxy groups -OCH3 is 1. The molecule has 5 heteroatoms. The molecule has 0 saturated carbocycles. The van der Waals surface area contributed by atoms with Crippen LogP contribution in [-0.2, 0) is 11.3 Å². The molecule has 2 rings (SSSR count). The molecule has 1 amide bonds. The van der Waals surface area contributed by atoms with Gasteiger partial charge in [-0.25, -0.2) is 0 Å². The first-order chi connectivity index (χ1) is 13.0. The summed E-state index contributed by atoms with van der Waals surface area (Å²) in [6, 6.07) is 11.9. The lowest BCUT2D eigenvalue weighted by molar-refractivity contribution is -0.117. The van der Waals surface area contributed by atoms with Crippen molar-refractivity contribution in [1.29, 1.82) is 0 Å². The summed E-state index contributed by atoms with van der Waals surface area (Å²) in [4.78, 5) is 14.5. The average molecular weight is 370 g/mol. The number of nitrogens with zero attached hydrogens (tertiary/aromatic N) is 1. The van der Waals surface area contributed by atoms with Crippen molar-refractivity contribution in [2.75, 3.05) is 32.1 Å². The largest absolute Gasteiger partial charge is 0.493 e. The zero-order valence-electron chi connectivity index (χ0n) is 17.0.